The van der Waals surface area contributed by atoms with Gasteiger partial charge in [-0.25, -0.2) is 4.99 Å². The van der Waals surface area contributed by atoms with E-state index in [4.69, 9.17) is 24.7 Å². The fraction of sp³-hybridized carbons (Fsp3) is 0.471. The maximum absolute atomic E-state index is 10.1. The maximum atomic E-state index is 10.1. The normalized spacial score (nSPS) is 33.9. The number of nitrogens with one attached hydrogen (secondary N) is 1. The number of nitrogens with two attached hydrogens (primary N) is 1. The summed E-state index contributed by atoms with van der Waals surface area (Å²) in [7, 11) is 3.08. The number of nitriles is 2. The predicted molar refractivity (Wildman–Crippen MR) is 83.2 cm³/mol. The molecule has 1 saturated heterocycles. The molecule has 2 heterocycles. The van der Waals surface area contributed by atoms with Gasteiger partial charge in [0.15, 0.2) is 10.8 Å². The molecule has 3 aliphatic rings. The molecule has 0 unspecified atom stereocenters. The van der Waals surface area contributed by atoms with Crippen LogP contribution in [-0.2, 0) is 9.47 Å². The highest BCUT2D eigenvalue weighted by Crippen LogP contribution is 2.79. The maximum Gasteiger partial charge on any atom is 0.343 e. The molecule has 128 valence electrons. The molecule has 1 saturated carbocycles. The highest BCUT2D eigenvalue weighted by Gasteiger charge is 2.97. The summed E-state index contributed by atoms with van der Waals surface area (Å²) in [6.45, 7) is 0.625. The number of methoxy groups -OCH3 is 2. The van der Waals surface area contributed by atoms with Gasteiger partial charge in [0, 0.05) is 5.56 Å². The molecule has 0 amide bonds. The van der Waals surface area contributed by atoms with Gasteiger partial charge in [-0.15, -0.1) is 0 Å². The largest absolute Gasteiger partial charge is 0.497 e. The van der Waals surface area contributed by atoms with Crippen molar-refractivity contribution in [1.29, 1.82) is 10.5 Å². The molecular formula is C17H17N4O4+. The van der Waals surface area contributed by atoms with E-state index >= 15 is 0 Å². The summed E-state index contributed by atoms with van der Waals surface area (Å²) in [6, 6.07) is 9.77. The molecule has 2 aliphatic heterocycles. The molecule has 8 heteroatoms. The Bertz CT molecular complexity index is 864. The number of amidine groups is 1. The van der Waals surface area contributed by atoms with Crippen LogP contribution in [-0.4, -0.2) is 39.2 Å². The third kappa shape index (κ3) is 1.50. The Morgan fingerprint density at radius 2 is 1.92 bits per heavy atom. The van der Waals surface area contributed by atoms with Crippen molar-refractivity contribution in [2.45, 2.75) is 11.8 Å². The van der Waals surface area contributed by atoms with Gasteiger partial charge < -0.3 is 18.9 Å². The van der Waals surface area contributed by atoms with Crippen LogP contribution in [0.2, 0.25) is 0 Å². The van der Waals surface area contributed by atoms with Gasteiger partial charge in [0.05, 0.1) is 45.5 Å². The second kappa shape index (κ2) is 4.85. The van der Waals surface area contributed by atoms with Crippen molar-refractivity contribution < 1.29 is 23.9 Å². The molecule has 1 spiro atoms. The first-order chi connectivity index (χ1) is 12.1. The minimum absolute atomic E-state index is 0.174. The van der Waals surface area contributed by atoms with Crippen LogP contribution in [0.15, 0.2) is 18.2 Å². The zero-order valence-corrected chi connectivity index (χ0v) is 13.8. The van der Waals surface area contributed by atoms with E-state index in [-0.39, 0.29) is 5.84 Å². The smallest absolute Gasteiger partial charge is 0.343 e. The van der Waals surface area contributed by atoms with Gasteiger partial charge in [-0.2, -0.15) is 10.5 Å². The van der Waals surface area contributed by atoms with E-state index in [1.807, 2.05) is 0 Å². The fourth-order valence-electron chi connectivity index (χ4n) is 4.35. The minimum Gasteiger partial charge on any atom is -0.497 e. The lowest BCUT2D eigenvalue weighted by molar-refractivity contribution is -0.676. The average molecular weight is 341 g/mol. The van der Waals surface area contributed by atoms with Crippen LogP contribution in [0.1, 0.15) is 11.5 Å². The van der Waals surface area contributed by atoms with Crippen molar-refractivity contribution in [1.82, 2.24) is 0 Å². The number of nitrogens with zero attached hydrogens (tertiary/aromatic N) is 2. The van der Waals surface area contributed by atoms with Crippen molar-refractivity contribution >= 4 is 5.84 Å². The second-order valence-corrected chi connectivity index (χ2v) is 6.23. The SMILES string of the molecule is COc1ccc(OC)c([C@H]2[C@]3(C#N)C(N)=[NH+]C4(OCCO4)[C@]23C#N)c1. The monoisotopic (exact) mass is 341 g/mol. The molecule has 3 N–H and O–H groups in total. The first-order valence-electron chi connectivity index (χ1n) is 7.80. The van der Waals surface area contributed by atoms with Crippen LogP contribution in [0.4, 0.5) is 0 Å². The zero-order chi connectivity index (χ0) is 17.9. The van der Waals surface area contributed by atoms with Crippen LogP contribution in [0.3, 0.4) is 0 Å². The van der Waals surface area contributed by atoms with Crippen molar-refractivity contribution in [2.75, 3.05) is 27.4 Å². The Kier molecular flexibility index (Phi) is 3.05. The number of rotatable bonds is 3. The van der Waals surface area contributed by atoms with Crippen LogP contribution >= 0.6 is 0 Å². The first kappa shape index (κ1) is 15.7. The third-order valence-corrected chi connectivity index (χ3v) is 5.44. The van der Waals surface area contributed by atoms with E-state index in [2.05, 4.69) is 17.1 Å². The summed E-state index contributed by atoms with van der Waals surface area (Å²) in [4.78, 5) is 2.91. The number of hydrogen-bond acceptors (Lipinski definition) is 7. The van der Waals surface area contributed by atoms with Crippen molar-refractivity contribution in [2.24, 2.45) is 16.6 Å². The van der Waals surface area contributed by atoms with Crippen molar-refractivity contribution in [3.05, 3.63) is 23.8 Å². The van der Waals surface area contributed by atoms with E-state index in [1.165, 1.54) is 7.11 Å². The summed E-state index contributed by atoms with van der Waals surface area (Å²) < 4.78 is 22.2. The molecule has 8 nitrogen and oxygen atoms in total. The summed E-state index contributed by atoms with van der Waals surface area (Å²) in [5.41, 5.74) is 4.25. The highest BCUT2D eigenvalue weighted by molar-refractivity contribution is 5.95. The quantitative estimate of drug-likeness (QED) is 0.720. The molecule has 1 aromatic rings. The molecule has 1 aromatic carbocycles. The van der Waals surface area contributed by atoms with Crippen LogP contribution < -0.4 is 20.2 Å². The van der Waals surface area contributed by atoms with E-state index < -0.39 is 22.7 Å². The summed E-state index contributed by atoms with van der Waals surface area (Å²) >= 11 is 0. The van der Waals surface area contributed by atoms with Crippen molar-refractivity contribution in [3.63, 3.8) is 0 Å². The predicted octanol–water partition coefficient (Wildman–Crippen LogP) is -1.03. The Morgan fingerprint density at radius 1 is 1.20 bits per heavy atom. The Morgan fingerprint density at radius 3 is 2.48 bits per heavy atom. The minimum atomic E-state index is -1.43. The second-order valence-electron chi connectivity index (χ2n) is 6.23. The molecule has 0 radical (unpaired) electrons. The topological polar surface area (TPSA) is 124 Å². The third-order valence-electron chi connectivity index (χ3n) is 5.44. The molecule has 1 aliphatic carbocycles. The van der Waals surface area contributed by atoms with E-state index in [0.29, 0.717) is 30.3 Å². The van der Waals surface area contributed by atoms with Gasteiger partial charge in [-0.1, -0.05) is 0 Å². The molecule has 0 bridgehead atoms. The summed E-state index contributed by atoms with van der Waals surface area (Å²) in [5.74, 6) is -0.686. The number of fused-ring (bicyclic) bond motifs is 2. The zero-order valence-electron chi connectivity index (χ0n) is 13.8. The molecular weight excluding hydrogens is 324 g/mol. The van der Waals surface area contributed by atoms with Gasteiger partial charge in [0.2, 0.25) is 0 Å². The van der Waals surface area contributed by atoms with Crippen LogP contribution in [0.5, 0.6) is 11.5 Å². The van der Waals surface area contributed by atoms with Crippen LogP contribution in [0.25, 0.3) is 0 Å². The van der Waals surface area contributed by atoms with Gasteiger partial charge in [-0.05, 0) is 18.2 Å². The molecule has 4 rings (SSSR count). The first-order valence-corrected chi connectivity index (χ1v) is 7.80. The lowest BCUT2D eigenvalue weighted by Gasteiger charge is -2.23. The van der Waals surface area contributed by atoms with Gasteiger partial charge in [0.1, 0.15) is 11.5 Å². The lowest BCUT2D eigenvalue weighted by Crippen LogP contribution is -2.89. The van der Waals surface area contributed by atoms with Crippen LogP contribution in [0, 0.1) is 33.5 Å². The molecule has 0 aromatic heterocycles. The Hall–Kier alpha value is -2.81. The van der Waals surface area contributed by atoms with E-state index in [1.54, 1.807) is 25.3 Å². The summed E-state index contributed by atoms with van der Waals surface area (Å²) in [6.07, 6.45) is 0. The van der Waals surface area contributed by atoms with Crippen molar-refractivity contribution in [3.8, 4) is 23.6 Å². The van der Waals surface area contributed by atoms with Gasteiger partial charge >= 0.3 is 5.91 Å². The number of ether oxygens (including phenoxy) is 4. The molecule has 2 fully saturated rings. The highest BCUT2D eigenvalue weighted by atomic mass is 16.8. The molecule has 3 atom stereocenters. The van der Waals surface area contributed by atoms with E-state index in [9.17, 15) is 10.5 Å². The fourth-order valence-corrected chi connectivity index (χ4v) is 4.35. The molecule has 25 heavy (non-hydrogen) atoms. The average Bonchev–Trinajstić information content (AvgIpc) is 2.88. The van der Waals surface area contributed by atoms with Gasteiger partial charge in [-0.3, -0.25) is 5.73 Å². The standard InChI is InChI=1S/C17H16N4O4/c1-22-10-3-4-12(23-2)11(7-10)13-15(8-18)14(20)21-17(16(13,15)9-19)24-5-6-25-17/h3-4,7,13H,5-6H2,1-2H3,(H2,20,21)/p+1/t13-,15+,16+/m0/s1. The van der Waals surface area contributed by atoms with E-state index in [0.717, 1.165) is 0 Å². The number of benzene rings is 1. The Balaban J connectivity index is 1.95. The number of hydrogen-bond donors (Lipinski definition) is 2. The lowest BCUT2D eigenvalue weighted by atomic mass is 9.93. The summed E-state index contributed by atoms with van der Waals surface area (Å²) in [5, 5.41) is 20.1. The van der Waals surface area contributed by atoms with Gasteiger partial charge in [0.25, 0.3) is 5.84 Å². The Labute approximate surface area is 144 Å².